The van der Waals surface area contributed by atoms with Crippen molar-refractivity contribution in [3.63, 3.8) is 0 Å². The highest BCUT2D eigenvalue weighted by atomic mass is 32.2. The molecule has 2 aromatic rings. The molecule has 2 unspecified atom stereocenters. The highest BCUT2D eigenvalue weighted by Crippen LogP contribution is 2.31. The van der Waals surface area contributed by atoms with Crippen LogP contribution in [0.5, 0.6) is 0 Å². The number of nitrogens with one attached hydrogen (secondary N) is 2. The van der Waals surface area contributed by atoms with Crippen molar-refractivity contribution in [3.05, 3.63) is 54.1 Å². The molecule has 1 saturated heterocycles. The fraction of sp³-hybridized carbons (Fsp3) is 0.375. The van der Waals surface area contributed by atoms with Crippen LogP contribution >= 0.6 is 11.8 Å². The highest BCUT2D eigenvalue weighted by Gasteiger charge is 2.28. The zero-order valence-corrected chi connectivity index (χ0v) is 19.3. The molecule has 1 aliphatic heterocycles. The Hall–Kier alpha value is -3.04. The zero-order valence-electron chi connectivity index (χ0n) is 18.5. The Kier molecular flexibility index (Phi) is 8.73. The molecule has 0 aliphatic carbocycles. The van der Waals surface area contributed by atoms with Gasteiger partial charge in [0.15, 0.2) is 0 Å². The normalized spacial score (nSPS) is 16.6. The molecule has 0 spiro atoms. The Balaban J connectivity index is 1.99. The Labute approximate surface area is 197 Å². The van der Waals surface area contributed by atoms with E-state index in [2.05, 4.69) is 10.6 Å². The van der Waals surface area contributed by atoms with Gasteiger partial charge in [-0.3, -0.25) is 9.69 Å². The number of nitrogens with zero attached hydrogens (tertiary/aromatic N) is 1. The summed E-state index contributed by atoms with van der Waals surface area (Å²) in [7, 11) is 0. The molecule has 0 saturated carbocycles. The van der Waals surface area contributed by atoms with Crippen molar-refractivity contribution in [2.75, 3.05) is 30.0 Å². The van der Waals surface area contributed by atoms with Crippen LogP contribution in [0.3, 0.4) is 0 Å². The highest BCUT2D eigenvalue weighted by molar-refractivity contribution is 7.98. The van der Waals surface area contributed by atoms with Gasteiger partial charge in [-0.25, -0.2) is 9.59 Å². The summed E-state index contributed by atoms with van der Waals surface area (Å²) in [6.45, 7) is 1.42. The molecule has 0 aromatic heterocycles. The molecular formula is C24H29N3O5S. The van der Waals surface area contributed by atoms with E-state index in [0.29, 0.717) is 35.5 Å². The lowest BCUT2D eigenvalue weighted by Gasteiger charge is -2.33. The molecule has 0 radical (unpaired) electrons. The van der Waals surface area contributed by atoms with Gasteiger partial charge in [0.1, 0.15) is 6.04 Å². The van der Waals surface area contributed by atoms with E-state index in [1.807, 2.05) is 36.6 Å². The van der Waals surface area contributed by atoms with E-state index in [-0.39, 0.29) is 6.04 Å². The van der Waals surface area contributed by atoms with E-state index in [9.17, 15) is 24.6 Å². The SMILES string of the molecule is CSCCC(NC(=O)c1ccc(N(C(=O)O)C2CCCNC2)cc1-c1ccccc1)C(=O)O. The Bertz CT molecular complexity index is 979. The molecule has 2 amide bonds. The van der Waals surface area contributed by atoms with Crippen LogP contribution in [0.25, 0.3) is 11.1 Å². The minimum Gasteiger partial charge on any atom is -0.480 e. The molecule has 0 bridgehead atoms. The Morgan fingerprint density at radius 2 is 1.94 bits per heavy atom. The first-order chi connectivity index (χ1) is 15.9. The van der Waals surface area contributed by atoms with Gasteiger partial charge >= 0.3 is 12.1 Å². The average Bonchev–Trinajstić information content (AvgIpc) is 2.82. The maximum absolute atomic E-state index is 13.1. The second-order valence-corrected chi connectivity index (χ2v) is 8.88. The lowest BCUT2D eigenvalue weighted by Crippen LogP contribution is -2.48. The summed E-state index contributed by atoms with van der Waals surface area (Å²) in [5.74, 6) is -0.989. The first-order valence-corrected chi connectivity index (χ1v) is 12.3. The molecule has 3 rings (SSSR count). The summed E-state index contributed by atoms with van der Waals surface area (Å²) < 4.78 is 0. The number of anilines is 1. The molecule has 1 heterocycles. The first kappa shape index (κ1) is 24.6. The molecule has 1 fully saturated rings. The summed E-state index contributed by atoms with van der Waals surface area (Å²) in [4.78, 5) is 38.2. The van der Waals surface area contributed by atoms with Gasteiger partial charge in [-0.1, -0.05) is 30.3 Å². The number of rotatable bonds is 9. The third-order valence-corrected chi connectivity index (χ3v) is 6.31. The maximum Gasteiger partial charge on any atom is 0.412 e. The summed E-state index contributed by atoms with van der Waals surface area (Å²) in [6, 6.07) is 12.9. The van der Waals surface area contributed by atoms with Crippen molar-refractivity contribution >= 4 is 35.4 Å². The van der Waals surface area contributed by atoms with Crippen LogP contribution in [-0.4, -0.2) is 65.4 Å². The van der Waals surface area contributed by atoms with Gasteiger partial charge in [-0.15, -0.1) is 0 Å². The largest absolute Gasteiger partial charge is 0.480 e. The Morgan fingerprint density at radius 1 is 1.18 bits per heavy atom. The number of carboxylic acid groups (broad SMARTS) is 2. The second-order valence-electron chi connectivity index (χ2n) is 7.89. The van der Waals surface area contributed by atoms with E-state index in [0.717, 1.165) is 24.9 Å². The number of carbonyl (C=O) groups is 3. The van der Waals surface area contributed by atoms with Crippen LogP contribution in [0.15, 0.2) is 48.5 Å². The summed E-state index contributed by atoms with van der Waals surface area (Å²) in [6.07, 6.45) is 2.76. The van der Waals surface area contributed by atoms with Gasteiger partial charge in [-0.05, 0) is 67.1 Å². The van der Waals surface area contributed by atoms with Crippen LogP contribution < -0.4 is 15.5 Å². The van der Waals surface area contributed by atoms with Crippen molar-refractivity contribution in [1.82, 2.24) is 10.6 Å². The summed E-state index contributed by atoms with van der Waals surface area (Å²) >= 11 is 1.51. The number of benzene rings is 2. The van der Waals surface area contributed by atoms with Crippen molar-refractivity contribution in [1.29, 1.82) is 0 Å². The minimum absolute atomic E-state index is 0.206. The van der Waals surface area contributed by atoms with Gasteiger partial charge < -0.3 is 20.8 Å². The fourth-order valence-corrected chi connectivity index (χ4v) is 4.47. The van der Waals surface area contributed by atoms with Crippen molar-refractivity contribution in [2.24, 2.45) is 0 Å². The predicted molar refractivity (Wildman–Crippen MR) is 130 cm³/mol. The molecule has 2 atom stereocenters. The van der Waals surface area contributed by atoms with E-state index in [4.69, 9.17) is 0 Å². The number of piperidine rings is 1. The number of amides is 2. The molecular weight excluding hydrogens is 442 g/mol. The van der Waals surface area contributed by atoms with Crippen LogP contribution in [0.1, 0.15) is 29.6 Å². The van der Waals surface area contributed by atoms with Gasteiger partial charge in [0.05, 0.1) is 6.04 Å². The van der Waals surface area contributed by atoms with Gasteiger partial charge in [0.2, 0.25) is 0 Å². The van der Waals surface area contributed by atoms with E-state index in [1.54, 1.807) is 18.2 Å². The standard InChI is InChI=1S/C24H29N3O5S/c1-33-13-11-21(23(29)30)26-22(28)19-10-9-17(14-20(19)16-6-3-2-4-7-16)27(24(31)32)18-8-5-12-25-15-18/h2-4,6-7,9-10,14,18,21,25H,5,8,11-13,15H2,1H3,(H,26,28)(H,29,30)(H,31,32). The van der Waals surface area contributed by atoms with E-state index >= 15 is 0 Å². The van der Waals surface area contributed by atoms with Gasteiger partial charge in [-0.2, -0.15) is 11.8 Å². The summed E-state index contributed by atoms with van der Waals surface area (Å²) in [5.41, 5.74) is 2.07. The molecule has 2 aromatic carbocycles. The smallest absolute Gasteiger partial charge is 0.412 e. The topological polar surface area (TPSA) is 119 Å². The van der Waals surface area contributed by atoms with Crippen molar-refractivity contribution in [2.45, 2.75) is 31.3 Å². The quantitative estimate of drug-likeness (QED) is 0.442. The third kappa shape index (κ3) is 6.27. The number of hydrogen-bond donors (Lipinski definition) is 4. The zero-order chi connectivity index (χ0) is 23.8. The summed E-state index contributed by atoms with van der Waals surface area (Å²) in [5, 5.41) is 25.3. The van der Waals surface area contributed by atoms with E-state index < -0.39 is 24.0 Å². The number of carboxylic acids is 1. The average molecular weight is 472 g/mol. The molecule has 33 heavy (non-hydrogen) atoms. The molecule has 8 nitrogen and oxygen atoms in total. The lowest BCUT2D eigenvalue weighted by molar-refractivity contribution is -0.139. The van der Waals surface area contributed by atoms with Crippen LogP contribution in [0.2, 0.25) is 0 Å². The lowest BCUT2D eigenvalue weighted by atomic mass is 9.97. The first-order valence-electron chi connectivity index (χ1n) is 10.9. The second kappa shape index (κ2) is 11.7. The number of thioether (sulfide) groups is 1. The van der Waals surface area contributed by atoms with Crippen molar-refractivity contribution < 1.29 is 24.6 Å². The molecule has 176 valence electrons. The maximum atomic E-state index is 13.1. The van der Waals surface area contributed by atoms with Crippen LogP contribution in [-0.2, 0) is 4.79 Å². The van der Waals surface area contributed by atoms with Crippen LogP contribution in [0, 0.1) is 0 Å². The minimum atomic E-state index is -1.09. The van der Waals surface area contributed by atoms with E-state index in [1.165, 1.54) is 16.7 Å². The monoisotopic (exact) mass is 471 g/mol. The molecule has 9 heteroatoms. The fourth-order valence-electron chi connectivity index (χ4n) is 4.00. The van der Waals surface area contributed by atoms with Gasteiger partial charge in [0.25, 0.3) is 5.91 Å². The van der Waals surface area contributed by atoms with Gasteiger partial charge in [0, 0.05) is 17.8 Å². The molecule has 4 N–H and O–H groups in total. The Morgan fingerprint density at radius 3 is 2.55 bits per heavy atom. The number of aliphatic carboxylic acids is 1. The number of hydrogen-bond acceptors (Lipinski definition) is 5. The molecule has 1 aliphatic rings. The van der Waals surface area contributed by atoms with Crippen LogP contribution in [0.4, 0.5) is 10.5 Å². The number of carbonyl (C=O) groups excluding carboxylic acids is 1. The van der Waals surface area contributed by atoms with Crippen molar-refractivity contribution in [3.8, 4) is 11.1 Å². The third-order valence-electron chi connectivity index (χ3n) is 5.67. The predicted octanol–water partition coefficient (Wildman–Crippen LogP) is 3.53.